The van der Waals surface area contributed by atoms with Gasteiger partial charge in [-0.2, -0.15) is 5.21 Å². The molecule has 0 radical (unpaired) electrons. The van der Waals surface area contributed by atoms with Gasteiger partial charge in [0, 0.05) is 23.1 Å². The normalized spacial score (nSPS) is 20.4. The molecular weight excluding hydrogens is 328 g/mol. The molecule has 0 saturated heterocycles. The largest absolute Gasteiger partial charge is 0.283 e. The van der Waals surface area contributed by atoms with Crippen molar-refractivity contribution in [1.82, 2.24) is 25.2 Å². The Labute approximate surface area is 140 Å². The lowest BCUT2D eigenvalue weighted by Crippen LogP contribution is -2.22. The first-order valence-corrected chi connectivity index (χ1v) is 7.68. The lowest BCUT2D eigenvalue weighted by molar-refractivity contribution is 0.0956. The first kappa shape index (κ1) is 15.4. The third-order valence-corrected chi connectivity index (χ3v) is 4.27. The van der Waals surface area contributed by atoms with Crippen LogP contribution in [0.5, 0.6) is 0 Å². The van der Waals surface area contributed by atoms with Crippen LogP contribution in [0, 0.1) is 5.92 Å². The van der Waals surface area contributed by atoms with Gasteiger partial charge in [0.1, 0.15) is 5.83 Å². The summed E-state index contributed by atoms with van der Waals surface area (Å²) in [5.41, 5.74) is 1.05. The number of rotatable bonds is 2. The molecule has 0 amide bonds. The van der Waals surface area contributed by atoms with Crippen molar-refractivity contribution in [3.63, 3.8) is 0 Å². The molecule has 1 N–H and O–H groups in total. The van der Waals surface area contributed by atoms with Gasteiger partial charge in [-0.15, -0.1) is 10.2 Å². The van der Waals surface area contributed by atoms with Gasteiger partial charge in [0.05, 0.1) is 11.1 Å². The number of alkyl halides is 1. The van der Waals surface area contributed by atoms with Crippen molar-refractivity contribution in [2.75, 3.05) is 0 Å². The van der Waals surface area contributed by atoms with Gasteiger partial charge in [0.2, 0.25) is 5.82 Å². The summed E-state index contributed by atoms with van der Waals surface area (Å²) >= 11 is 0. The topological polar surface area (TPSA) is 76.5 Å². The van der Waals surface area contributed by atoms with E-state index in [1.807, 2.05) is 0 Å². The van der Waals surface area contributed by atoms with E-state index in [1.54, 1.807) is 31.2 Å². The zero-order chi connectivity index (χ0) is 17.6. The van der Waals surface area contributed by atoms with Gasteiger partial charge < -0.3 is 0 Å². The molecule has 0 bridgehead atoms. The molecule has 2 aromatic heterocycles. The molecule has 1 aliphatic carbocycles. The first-order valence-electron chi connectivity index (χ1n) is 7.68. The Kier molecular flexibility index (Phi) is 3.52. The van der Waals surface area contributed by atoms with E-state index in [0.29, 0.717) is 11.3 Å². The Morgan fingerprint density at radius 1 is 1.32 bits per heavy atom. The van der Waals surface area contributed by atoms with E-state index in [0.717, 1.165) is 10.9 Å². The molecule has 2 heterocycles. The average Bonchev–Trinajstić information content (AvgIpc) is 3.28. The maximum Gasteiger partial charge on any atom is 0.265 e. The van der Waals surface area contributed by atoms with Crippen molar-refractivity contribution in [2.45, 2.75) is 13.1 Å². The highest BCUT2D eigenvalue weighted by Gasteiger charge is 2.29. The summed E-state index contributed by atoms with van der Waals surface area (Å²) in [6.45, 7) is 1.56. The highest BCUT2D eigenvalue weighted by atomic mass is 19.2. The molecule has 126 valence electrons. The highest BCUT2D eigenvalue weighted by Crippen LogP contribution is 2.30. The van der Waals surface area contributed by atoms with Gasteiger partial charge in [0.15, 0.2) is 6.17 Å². The van der Waals surface area contributed by atoms with Crippen LogP contribution in [0.2, 0.25) is 0 Å². The molecule has 6 nitrogen and oxygen atoms in total. The zero-order valence-corrected chi connectivity index (χ0v) is 13.1. The van der Waals surface area contributed by atoms with Crippen molar-refractivity contribution < 1.29 is 13.6 Å². The van der Waals surface area contributed by atoms with E-state index in [4.69, 9.17) is 0 Å². The number of aromatic nitrogens is 5. The van der Waals surface area contributed by atoms with E-state index in [2.05, 4.69) is 20.6 Å². The van der Waals surface area contributed by atoms with Crippen LogP contribution in [0.3, 0.4) is 0 Å². The minimum Gasteiger partial charge on any atom is -0.283 e. The fourth-order valence-corrected chi connectivity index (χ4v) is 2.85. The summed E-state index contributed by atoms with van der Waals surface area (Å²) in [5.74, 6) is -1.79. The summed E-state index contributed by atoms with van der Waals surface area (Å²) < 4.78 is 29.4. The minimum absolute atomic E-state index is 0.259. The number of carbonyl (C=O) groups excluding carboxylic acids is 1. The Bertz CT molecular complexity index is 1020. The van der Waals surface area contributed by atoms with Crippen LogP contribution in [0.25, 0.3) is 22.3 Å². The number of halogens is 2. The second-order valence-corrected chi connectivity index (χ2v) is 5.88. The molecule has 25 heavy (non-hydrogen) atoms. The standard InChI is InChI=1S/C17H13F2N5O/c1-9-2-4-12(15(19)14(9)18)17(25)24-7-6-10-8-11(3-5-13(10)24)16-20-22-23-21-16/h2-9,14H,1H3,(H,20,21,22,23). The summed E-state index contributed by atoms with van der Waals surface area (Å²) in [6.07, 6.45) is 2.58. The van der Waals surface area contributed by atoms with Crippen LogP contribution in [0.4, 0.5) is 8.78 Å². The minimum atomic E-state index is -1.80. The monoisotopic (exact) mass is 341 g/mol. The van der Waals surface area contributed by atoms with Gasteiger partial charge in [-0.1, -0.05) is 19.1 Å². The molecule has 2 unspecified atom stereocenters. The smallest absolute Gasteiger partial charge is 0.265 e. The fourth-order valence-electron chi connectivity index (χ4n) is 2.85. The number of allylic oxidation sites excluding steroid dienone is 4. The lowest BCUT2D eigenvalue weighted by atomic mass is 9.95. The highest BCUT2D eigenvalue weighted by molar-refractivity contribution is 6.04. The van der Waals surface area contributed by atoms with Crippen molar-refractivity contribution in [1.29, 1.82) is 0 Å². The van der Waals surface area contributed by atoms with E-state index in [-0.39, 0.29) is 5.57 Å². The third-order valence-electron chi connectivity index (χ3n) is 4.27. The predicted octanol–water partition coefficient (Wildman–Crippen LogP) is 3.23. The van der Waals surface area contributed by atoms with Crippen LogP contribution in [-0.2, 0) is 0 Å². The van der Waals surface area contributed by atoms with Gasteiger partial charge in [-0.05, 0) is 29.5 Å². The second-order valence-electron chi connectivity index (χ2n) is 5.88. The zero-order valence-electron chi connectivity index (χ0n) is 13.1. The molecular formula is C17H13F2N5O. The molecule has 3 aromatic rings. The number of nitrogens with one attached hydrogen (secondary N) is 1. The molecule has 4 rings (SSSR count). The molecule has 1 aliphatic rings. The quantitative estimate of drug-likeness (QED) is 0.776. The summed E-state index contributed by atoms with van der Waals surface area (Å²) in [5, 5.41) is 14.4. The Morgan fingerprint density at radius 3 is 2.92 bits per heavy atom. The number of tetrazole rings is 1. The number of benzene rings is 1. The molecule has 0 aliphatic heterocycles. The predicted molar refractivity (Wildman–Crippen MR) is 87.1 cm³/mol. The number of hydrogen-bond acceptors (Lipinski definition) is 4. The van der Waals surface area contributed by atoms with Crippen LogP contribution in [-0.4, -0.2) is 37.3 Å². The summed E-state index contributed by atoms with van der Waals surface area (Å²) in [6, 6.07) is 6.96. The molecule has 0 fully saturated rings. The number of fused-ring (bicyclic) bond motifs is 1. The molecule has 2 atom stereocenters. The second kappa shape index (κ2) is 5.73. The maximum atomic E-state index is 14.2. The van der Waals surface area contributed by atoms with Crippen molar-refractivity contribution in [2.24, 2.45) is 5.92 Å². The molecule has 8 heteroatoms. The van der Waals surface area contributed by atoms with E-state index < -0.39 is 23.8 Å². The summed E-state index contributed by atoms with van der Waals surface area (Å²) in [7, 11) is 0. The molecule has 1 aromatic carbocycles. The third kappa shape index (κ3) is 2.46. The van der Waals surface area contributed by atoms with Gasteiger partial charge in [-0.25, -0.2) is 8.78 Å². The van der Waals surface area contributed by atoms with E-state index in [9.17, 15) is 13.6 Å². The van der Waals surface area contributed by atoms with E-state index in [1.165, 1.54) is 22.9 Å². The van der Waals surface area contributed by atoms with Gasteiger partial charge in [0.25, 0.3) is 5.91 Å². The maximum absolute atomic E-state index is 14.2. The van der Waals surface area contributed by atoms with E-state index >= 15 is 0 Å². The van der Waals surface area contributed by atoms with Crippen molar-refractivity contribution in [3.8, 4) is 11.4 Å². The number of nitrogens with zero attached hydrogens (tertiary/aromatic N) is 4. The fraction of sp³-hybridized carbons (Fsp3) is 0.176. The van der Waals surface area contributed by atoms with Crippen LogP contribution in [0.15, 0.2) is 54.0 Å². The average molecular weight is 341 g/mol. The molecule has 0 spiro atoms. The number of hydrogen-bond donors (Lipinski definition) is 1. The number of aromatic amines is 1. The Hall–Kier alpha value is -3.16. The summed E-state index contributed by atoms with van der Waals surface area (Å²) in [4.78, 5) is 12.7. The first-order chi connectivity index (χ1) is 12.1. The van der Waals surface area contributed by atoms with Crippen LogP contribution in [0.1, 0.15) is 11.7 Å². The van der Waals surface area contributed by atoms with Crippen molar-refractivity contribution >= 4 is 16.8 Å². The van der Waals surface area contributed by atoms with Gasteiger partial charge >= 0.3 is 0 Å². The number of carbonyl (C=O) groups is 1. The van der Waals surface area contributed by atoms with Gasteiger partial charge in [-0.3, -0.25) is 9.36 Å². The van der Waals surface area contributed by atoms with Crippen LogP contribution >= 0.6 is 0 Å². The SMILES string of the molecule is CC1C=CC(C(=O)n2ccc3cc(-c4nn[nH]n4)ccc32)=C(F)C1F. The number of H-pyrrole nitrogens is 1. The Morgan fingerprint density at radius 2 is 2.16 bits per heavy atom. The Balaban J connectivity index is 1.75. The van der Waals surface area contributed by atoms with Crippen LogP contribution < -0.4 is 0 Å². The van der Waals surface area contributed by atoms with Crippen molar-refractivity contribution in [3.05, 3.63) is 54.0 Å². The molecule has 0 saturated carbocycles. The lowest BCUT2D eigenvalue weighted by Gasteiger charge is -2.18.